The lowest BCUT2D eigenvalue weighted by atomic mass is 10.1. The summed E-state index contributed by atoms with van der Waals surface area (Å²) in [6, 6.07) is 9.50. The molecule has 1 aliphatic rings. The standard InChI is InChI=1S/C17H20N4O2.ClH/c1-12-6-7-19-17(20-12)13-2-4-14(5-3-13)21-16(22)10-15-11-23-9-8-18-15;/h2-7,15,18H,8-11H2,1H3,(H,21,22);1H. The molecule has 0 bridgehead atoms. The van der Waals surface area contributed by atoms with Crippen LogP contribution >= 0.6 is 12.4 Å². The Kier molecular flexibility index (Phi) is 6.66. The molecule has 1 saturated heterocycles. The molecule has 1 fully saturated rings. The van der Waals surface area contributed by atoms with Gasteiger partial charge in [0.2, 0.25) is 5.91 Å². The number of morpholine rings is 1. The van der Waals surface area contributed by atoms with Crippen molar-refractivity contribution in [2.75, 3.05) is 25.1 Å². The van der Waals surface area contributed by atoms with E-state index < -0.39 is 0 Å². The number of ether oxygens (including phenoxy) is 1. The molecule has 1 unspecified atom stereocenters. The van der Waals surface area contributed by atoms with E-state index in [-0.39, 0.29) is 24.4 Å². The summed E-state index contributed by atoms with van der Waals surface area (Å²) >= 11 is 0. The summed E-state index contributed by atoms with van der Waals surface area (Å²) in [4.78, 5) is 20.7. The molecule has 1 aromatic carbocycles. The smallest absolute Gasteiger partial charge is 0.226 e. The van der Waals surface area contributed by atoms with Gasteiger partial charge < -0.3 is 15.4 Å². The lowest BCUT2D eigenvalue weighted by Gasteiger charge is -2.23. The quantitative estimate of drug-likeness (QED) is 0.885. The predicted octanol–water partition coefficient (Wildman–Crippen LogP) is 2.19. The maximum atomic E-state index is 12.0. The lowest BCUT2D eigenvalue weighted by molar-refractivity contribution is -0.117. The van der Waals surface area contributed by atoms with Crippen LogP contribution in [0.5, 0.6) is 0 Å². The largest absolute Gasteiger partial charge is 0.378 e. The fraction of sp³-hybridized carbons (Fsp3) is 0.353. The molecule has 0 aliphatic carbocycles. The number of benzene rings is 1. The summed E-state index contributed by atoms with van der Waals surface area (Å²) in [5.74, 6) is 0.666. The van der Waals surface area contributed by atoms with Gasteiger partial charge in [-0.05, 0) is 37.3 Å². The van der Waals surface area contributed by atoms with E-state index in [0.29, 0.717) is 25.5 Å². The number of carbonyl (C=O) groups excluding carboxylic acids is 1. The highest BCUT2D eigenvalue weighted by Gasteiger charge is 2.16. The average molecular weight is 349 g/mol. The number of nitrogens with zero attached hydrogens (tertiary/aromatic N) is 2. The zero-order valence-corrected chi connectivity index (χ0v) is 14.3. The van der Waals surface area contributed by atoms with E-state index >= 15 is 0 Å². The lowest BCUT2D eigenvalue weighted by Crippen LogP contribution is -2.43. The van der Waals surface area contributed by atoms with Gasteiger partial charge in [-0.3, -0.25) is 4.79 Å². The summed E-state index contributed by atoms with van der Waals surface area (Å²) in [7, 11) is 0. The van der Waals surface area contributed by atoms with Crippen molar-refractivity contribution in [1.82, 2.24) is 15.3 Å². The molecule has 1 atom stereocenters. The molecule has 128 valence electrons. The van der Waals surface area contributed by atoms with Gasteiger partial charge >= 0.3 is 0 Å². The second-order valence-corrected chi connectivity index (χ2v) is 5.58. The summed E-state index contributed by atoms with van der Waals surface area (Å²) in [5, 5.41) is 6.17. The van der Waals surface area contributed by atoms with E-state index in [1.807, 2.05) is 37.3 Å². The first-order valence-electron chi connectivity index (χ1n) is 7.72. The number of amides is 1. The summed E-state index contributed by atoms with van der Waals surface area (Å²) in [5.41, 5.74) is 2.62. The Labute approximate surface area is 147 Å². The predicted molar refractivity (Wildman–Crippen MR) is 95.3 cm³/mol. The summed E-state index contributed by atoms with van der Waals surface area (Å²) in [6.45, 7) is 4.02. The highest BCUT2D eigenvalue weighted by molar-refractivity contribution is 5.91. The van der Waals surface area contributed by atoms with Gasteiger partial charge in [-0.15, -0.1) is 12.4 Å². The van der Waals surface area contributed by atoms with Gasteiger partial charge in [0.15, 0.2) is 5.82 Å². The van der Waals surface area contributed by atoms with Crippen LogP contribution in [-0.4, -0.2) is 41.7 Å². The molecular formula is C17H21ClN4O2. The van der Waals surface area contributed by atoms with Crippen LogP contribution < -0.4 is 10.6 Å². The fourth-order valence-electron chi connectivity index (χ4n) is 2.48. The molecule has 3 rings (SSSR count). The fourth-order valence-corrected chi connectivity index (χ4v) is 2.48. The van der Waals surface area contributed by atoms with Gasteiger partial charge in [0, 0.05) is 42.1 Å². The molecule has 0 spiro atoms. The normalized spacial score (nSPS) is 17.0. The van der Waals surface area contributed by atoms with E-state index in [2.05, 4.69) is 20.6 Å². The van der Waals surface area contributed by atoms with Gasteiger partial charge in [0.1, 0.15) is 0 Å². The summed E-state index contributed by atoms with van der Waals surface area (Å²) < 4.78 is 5.35. The van der Waals surface area contributed by atoms with Gasteiger partial charge in [-0.2, -0.15) is 0 Å². The topological polar surface area (TPSA) is 76.1 Å². The van der Waals surface area contributed by atoms with Crippen molar-refractivity contribution in [3.63, 3.8) is 0 Å². The maximum absolute atomic E-state index is 12.0. The van der Waals surface area contributed by atoms with Crippen LogP contribution in [0.15, 0.2) is 36.5 Å². The first-order chi connectivity index (χ1) is 11.2. The molecule has 1 amide bonds. The van der Waals surface area contributed by atoms with Gasteiger partial charge in [0.05, 0.1) is 13.2 Å². The van der Waals surface area contributed by atoms with Crippen LogP contribution in [0.2, 0.25) is 0 Å². The van der Waals surface area contributed by atoms with E-state index in [1.165, 1.54) is 0 Å². The van der Waals surface area contributed by atoms with Gasteiger partial charge in [0.25, 0.3) is 0 Å². The SMILES string of the molecule is Cc1ccnc(-c2ccc(NC(=O)CC3COCCN3)cc2)n1.Cl. The minimum absolute atomic E-state index is 0. The second-order valence-electron chi connectivity index (χ2n) is 5.58. The number of anilines is 1. The Hall–Kier alpha value is -2.02. The van der Waals surface area contributed by atoms with Crippen molar-refractivity contribution in [2.45, 2.75) is 19.4 Å². The first-order valence-corrected chi connectivity index (χ1v) is 7.72. The van der Waals surface area contributed by atoms with E-state index in [1.54, 1.807) is 6.20 Å². The van der Waals surface area contributed by atoms with Gasteiger partial charge in [-0.25, -0.2) is 9.97 Å². The highest BCUT2D eigenvalue weighted by Crippen LogP contribution is 2.18. The Morgan fingerprint density at radius 1 is 1.33 bits per heavy atom. The zero-order chi connectivity index (χ0) is 16.1. The Balaban J connectivity index is 0.00000208. The Morgan fingerprint density at radius 3 is 2.79 bits per heavy atom. The molecule has 2 heterocycles. The van der Waals surface area contributed by atoms with Crippen LogP contribution in [0.25, 0.3) is 11.4 Å². The molecule has 1 aliphatic heterocycles. The summed E-state index contributed by atoms with van der Waals surface area (Å²) in [6.07, 6.45) is 2.15. The third kappa shape index (κ3) is 4.99. The number of halogens is 1. The number of hydrogen-bond acceptors (Lipinski definition) is 5. The molecule has 2 N–H and O–H groups in total. The minimum Gasteiger partial charge on any atom is -0.378 e. The van der Waals surface area contributed by atoms with Crippen LogP contribution in [0.3, 0.4) is 0 Å². The monoisotopic (exact) mass is 348 g/mol. The van der Waals surface area contributed by atoms with Crippen molar-refractivity contribution >= 4 is 24.0 Å². The van der Waals surface area contributed by atoms with Crippen molar-refractivity contribution < 1.29 is 9.53 Å². The average Bonchev–Trinajstić information content (AvgIpc) is 2.56. The third-order valence-corrected chi connectivity index (χ3v) is 3.65. The highest BCUT2D eigenvalue weighted by atomic mass is 35.5. The molecule has 6 nitrogen and oxygen atoms in total. The molecule has 24 heavy (non-hydrogen) atoms. The van der Waals surface area contributed by atoms with E-state index in [4.69, 9.17) is 4.74 Å². The zero-order valence-electron chi connectivity index (χ0n) is 13.5. The maximum Gasteiger partial charge on any atom is 0.226 e. The third-order valence-electron chi connectivity index (χ3n) is 3.65. The van der Waals surface area contributed by atoms with Crippen molar-refractivity contribution in [3.8, 4) is 11.4 Å². The molecule has 2 aromatic rings. The van der Waals surface area contributed by atoms with Crippen molar-refractivity contribution in [2.24, 2.45) is 0 Å². The molecule has 7 heteroatoms. The second kappa shape index (κ2) is 8.73. The minimum atomic E-state index is -0.0208. The van der Waals surface area contributed by atoms with Crippen LogP contribution in [0.1, 0.15) is 12.1 Å². The van der Waals surface area contributed by atoms with Crippen LogP contribution in [-0.2, 0) is 9.53 Å². The Morgan fingerprint density at radius 2 is 2.12 bits per heavy atom. The Bertz CT molecular complexity index is 673. The van der Waals surface area contributed by atoms with Crippen molar-refractivity contribution in [3.05, 3.63) is 42.2 Å². The first kappa shape index (κ1) is 18.3. The molecule has 0 radical (unpaired) electrons. The van der Waals surface area contributed by atoms with Gasteiger partial charge in [-0.1, -0.05) is 0 Å². The van der Waals surface area contributed by atoms with E-state index in [0.717, 1.165) is 23.5 Å². The number of aromatic nitrogens is 2. The number of carbonyl (C=O) groups is 1. The number of rotatable bonds is 4. The molecule has 1 aromatic heterocycles. The van der Waals surface area contributed by atoms with Crippen LogP contribution in [0, 0.1) is 6.92 Å². The van der Waals surface area contributed by atoms with E-state index in [9.17, 15) is 4.79 Å². The number of aryl methyl sites for hydroxylation is 1. The number of nitrogens with one attached hydrogen (secondary N) is 2. The molecular weight excluding hydrogens is 328 g/mol. The van der Waals surface area contributed by atoms with Crippen molar-refractivity contribution in [1.29, 1.82) is 0 Å². The number of hydrogen-bond donors (Lipinski definition) is 2. The van der Waals surface area contributed by atoms with Crippen LogP contribution in [0.4, 0.5) is 5.69 Å². The molecule has 0 saturated carbocycles.